The fraction of sp³-hybridized carbons (Fsp3) is 0.807. The number of ether oxygens (including phenoxy) is 4. The number of unbranched alkanes of at least 4 members (excludes halogenated alkanes) is 27. The zero-order chi connectivity index (χ0) is 48.4. The highest BCUT2D eigenvalue weighted by Crippen LogP contribution is 2.16. The molecular weight excluding hydrogens is 827 g/mol. The number of allylic oxidation sites excluding steroid dienone is 8. The first-order chi connectivity index (χ1) is 32.1. The van der Waals surface area contributed by atoms with Gasteiger partial charge in [-0.2, -0.15) is 0 Å². The van der Waals surface area contributed by atoms with Gasteiger partial charge in [0.1, 0.15) is 13.2 Å². The molecule has 0 aliphatic heterocycles. The maximum Gasteiger partial charge on any atom is 0.361 e. The van der Waals surface area contributed by atoms with Crippen LogP contribution < -0.4 is 0 Å². The Morgan fingerprint density at radius 1 is 0.470 bits per heavy atom. The van der Waals surface area contributed by atoms with Crippen molar-refractivity contribution in [1.82, 2.24) is 0 Å². The molecule has 0 heterocycles. The molecule has 0 aliphatic carbocycles. The van der Waals surface area contributed by atoms with Crippen molar-refractivity contribution < 1.29 is 42.9 Å². The van der Waals surface area contributed by atoms with E-state index in [1.54, 1.807) is 0 Å². The van der Waals surface area contributed by atoms with Gasteiger partial charge in [0, 0.05) is 12.8 Å². The zero-order valence-corrected chi connectivity index (χ0v) is 43.6. The number of carbonyl (C=O) groups excluding carboxylic acids is 2. The van der Waals surface area contributed by atoms with Gasteiger partial charge in [0.05, 0.1) is 34.4 Å². The number of rotatable bonds is 50. The van der Waals surface area contributed by atoms with Crippen molar-refractivity contribution in [1.29, 1.82) is 0 Å². The summed E-state index contributed by atoms with van der Waals surface area (Å²) < 4.78 is 22.8. The molecule has 0 radical (unpaired) electrons. The maximum absolute atomic E-state index is 12.8. The van der Waals surface area contributed by atoms with Crippen LogP contribution in [-0.2, 0) is 33.3 Å². The number of carboxylic acids is 1. The van der Waals surface area contributed by atoms with Crippen molar-refractivity contribution in [3.05, 3.63) is 48.6 Å². The predicted octanol–water partition coefficient (Wildman–Crippen LogP) is 15.5. The number of hydrogen-bond acceptors (Lipinski definition) is 7. The van der Waals surface area contributed by atoms with Crippen LogP contribution in [0.1, 0.15) is 239 Å². The first-order valence-electron chi connectivity index (χ1n) is 27.3. The van der Waals surface area contributed by atoms with Gasteiger partial charge in [-0.05, 0) is 51.4 Å². The Bertz CT molecular complexity index is 1220. The minimum atomic E-state index is -1.51. The maximum atomic E-state index is 12.8. The molecule has 0 aromatic heterocycles. The Morgan fingerprint density at radius 3 is 1.29 bits per heavy atom. The molecule has 1 N–H and O–H groups in total. The van der Waals surface area contributed by atoms with Gasteiger partial charge in [-0.25, -0.2) is 4.79 Å². The summed E-state index contributed by atoms with van der Waals surface area (Å²) in [5, 5.41) is 9.68. The van der Waals surface area contributed by atoms with Crippen LogP contribution in [0.2, 0.25) is 0 Å². The zero-order valence-electron chi connectivity index (χ0n) is 43.6. The number of quaternary nitrogens is 1. The fourth-order valence-corrected chi connectivity index (χ4v) is 7.65. The van der Waals surface area contributed by atoms with Gasteiger partial charge in [0.15, 0.2) is 6.10 Å². The molecule has 0 rings (SSSR count). The van der Waals surface area contributed by atoms with E-state index in [0.717, 1.165) is 64.2 Å². The monoisotopic (exact) mass is 931 g/mol. The number of likely N-dealkylation sites (N-methyl/N-ethyl adjacent to an activating group) is 1. The lowest BCUT2D eigenvalue weighted by atomic mass is 10.0. The van der Waals surface area contributed by atoms with Gasteiger partial charge < -0.3 is 28.5 Å². The second kappa shape index (κ2) is 48.7. The summed E-state index contributed by atoms with van der Waals surface area (Å²) in [5.74, 6) is -1.99. The van der Waals surface area contributed by atoms with Crippen molar-refractivity contribution in [2.45, 2.75) is 251 Å². The first-order valence-corrected chi connectivity index (χ1v) is 27.3. The van der Waals surface area contributed by atoms with Crippen molar-refractivity contribution in [3.8, 4) is 0 Å². The lowest BCUT2D eigenvalue weighted by Crippen LogP contribution is -2.40. The van der Waals surface area contributed by atoms with E-state index in [2.05, 4.69) is 62.5 Å². The number of carbonyl (C=O) groups is 3. The average Bonchev–Trinajstić information content (AvgIpc) is 3.28. The Labute approximate surface area is 406 Å². The number of aliphatic carboxylic acids is 1. The predicted molar refractivity (Wildman–Crippen MR) is 277 cm³/mol. The molecule has 0 bridgehead atoms. The number of hydrogen-bond donors (Lipinski definition) is 1. The molecule has 66 heavy (non-hydrogen) atoms. The summed E-state index contributed by atoms with van der Waals surface area (Å²) in [6.45, 7) is 4.78. The van der Waals surface area contributed by atoms with E-state index in [1.807, 2.05) is 21.1 Å². The third-order valence-corrected chi connectivity index (χ3v) is 11.8. The molecule has 9 nitrogen and oxygen atoms in total. The molecule has 0 spiro atoms. The normalized spacial score (nSPS) is 13.2. The SMILES string of the molecule is CC/C=C\C/C=C\C/C=C\C/C=C\CCCCCCCCCCCCCCCCC(=O)OC(COC(=O)CCCCCCCCCCCCCCCC)COC(OCC[N+](C)(C)C)C(=O)O. The van der Waals surface area contributed by atoms with Crippen LogP contribution in [0.5, 0.6) is 0 Å². The van der Waals surface area contributed by atoms with Crippen LogP contribution in [-0.4, -0.2) is 87.4 Å². The molecule has 0 aromatic carbocycles. The molecule has 0 amide bonds. The van der Waals surface area contributed by atoms with Crippen LogP contribution in [0, 0.1) is 0 Å². The van der Waals surface area contributed by atoms with E-state index >= 15 is 0 Å². The number of carboxylic acid groups (broad SMARTS) is 1. The largest absolute Gasteiger partial charge is 0.477 e. The minimum absolute atomic E-state index is 0.179. The molecule has 2 atom stereocenters. The Hall–Kier alpha value is -2.75. The summed E-state index contributed by atoms with van der Waals surface area (Å²) in [6.07, 6.45) is 56.1. The third-order valence-electron chi connectivity index (χ3n) is 11.8. The van der Waals surface area contributed by atoms with Gasteiger partial charge in [0.25, 0.3) is 6.29 Å². The molecule has 0 saturated heterocycles. The van der Waals surface area contributed by atoms with Gasteiger partial charge in [-0.15, -0.1) is 0 Å². The second-order valence-corrected chi connectivity index (χ2v) is 19.5. The Balaban J connectivity index is 4.21. The molecular formula is C57H104NO8+. The molecule has 0 aliphatic rings. The van der Waals surface area contributed by atoms with Crippen LogP contribution in [0.4, 0.5) is 0 Å². The van der Waals surface area contributed by atoms with Crippen LogP contribution in [0.15, 0.2) is 48.6 Å². The molecule has 0 aromatic rings. The minimum Gasteiger partial charge on any atom is -0.477 e. The molecule has 9 heteroatoms. The lowest BCUT2D eigenvalue weighted by Gasteiger charge is -2.25. The third kappa shape index (κ3) is 49.2. The number of nitrogens with zero attached hydrogens (tertiary/aromatic N) is 1. The summed E-state index contributed by atoms with van der Waals surface area (Å²) >= 11 is 0. The standard InChI is InChI=1S/C57H103NO8/c1-6-8-10-12-14-16-18-20-22-23-24-25-26-27-28-29-30-31-32-33-34-36-38-40-42-44-46-48-55(60)66-53(52-65-57(56(61)62)63-50-49-58(3,4)5)51-64-54(59)47-45-43-41-39-37-35-21-19-17-15-13-11-9-7-2/h8,10,14,16,20,22,24-25,53,57H,6-7,9,11-13,15,17-19,21,23,26-52H2,1-5H3/p+1/b10-8-,16-14-,22-20-,25-24-. The van der Waals surface area contributed by atoms with Crippen LogP contribution in [0.3, 0.4) is 0 Å². The van der Waals surface area contributed by atoms with E-state index in [0.29, 0.717) is 17.4 Å². The van der Waals surface area contributed by atoms with Crippen molar-refractivity contribution >= 4 is 17.9 Å². The van der Waals surface area contributed by atoms with Gasteiger partial charge in [-0.3, -0.25) is 9.59 Å². The molecule has 384 valence electrons. The van der Waals surface area contributed by atoms with E-state index in [-0.39, 0.29) is 32.2 Å². The van der Waals surface area contributed by atoms with Crippen LogP contribution in [0.25, 0.3) is 0 Å². The van der Waals surface area contributed by atoms with Crippen LogP contribution >= 0.6 is 0 Å². The van der Waals surface area contributed by atoms with E-state index in [4.69, 9.17) is 18.9 Å². The first kappa shape index (κ1) is 63.2. The number of esters is 2. The highest BCUT2D eigenvalue weighted by Gasteiger charge is 2.25. The summed E-state index contributed by atoms with van der Waals surface area (Å²) in [4.78, 5) is 37.3. The summed E-state index contributed by atoms with van der Waals surface area (Å²) in [6, 6.07) is 0. The van der Waals surface area contributed by atoms with Gasteiger partial charge >= 0.3 is 17.9 Å². The quantitative estimate of drug-likeness (QED) is 0.0211. The van der Waals surface area contributed by atoms with Gasteiger partial charge in [0.2, 0.25) is 0 Å². The second-order valence-electron chi connectivity index (χ2n) is 19.5. The Morgan fingerprint density at radius 2 is 0.864 bits per heavy atom. The average molecular weight is 931 g/mol. The molecule has 2 unspecified atom stereocenters. The van der Waals surface area contributed by atoms with Crippen molar-refractivity contribution in [2.75, 3.05) is 47.5 Å². The van der Waals surface area contributed by atoms with E-state index < -0.39 is 24.3 Å². The van der Waals surface area contributed by atoms with Crippen molar-refractivity contribution in [3.63, 3.8) is 0 Å². The molecule has 0 saturated carbocycles. The highest BCUT2D eigenvalue weighted by atomic mass is 16.7. The van der Waals surface area contributed by atoms with E-state index in [1.165, 1.54) is 148 Å². The Kier molecular flexibility index (Phi) is 46.7. The fourth-order valence-electron chi connectivity index (χ4n) is 7.65. The van der Waals surface area contributed by atoms with E-state index in [9.17, 15) is 19.5 Å². The summed E-state index contributed by atoms with van der Waals surface area (Å²) in [7, 11) is 5.97. The summed E-state index contributed by atoms with van der Waals surface area (Å²) in [5.41, 5.74) is 0. The van der Waals surface area contributed by atoms with Crippen molar-refractivity contribution in [2.24, 2.45) is 0 Å². The molecule has 0 fully saturated rings. The lowest BCUT2D eigenvalue weighted by molar-refractivity contribution is -0.870. The highest BCUT2D eigenvalue weighted by molar-refractivity contribution is 5.71. The van der Waals surface area contributed by atoms with Gasteiger partial charge in [-0.1, -0.05) is 223 Å². The topological polar surface area (TPSA) is 108 Å². The smallest absolute Gasteiger partial charge is 0.361 e.